The van der Waals surface area contributed by atoms with Crippen molar-refractivity contribution in [1.29, 1.82) is 0 Å². The summed E-state index contributed by atoms with van der Waals surface area (Å²) in [6.07, 6.45) is 12.0. The average molecular weight is 292 g/mol. The van der Waals surface area contributed by atoms with Crippen LogP contribution in [-0.2, 0) is 9.53 Å². The normalized spacial score (nSPS) is 30.0. The Hall–Kier alpha value is -1.35. The molecule has 0 aromatic heterocycles. The Bertz CT molecular complexity index is 457. The first-order valence-corrected chi connectivity index (χ1v) is 7.57. The molecule has 1 rings (SSSR count). The fourth-order valence-electron chi connectivity index (χ4n) is 2.99. The molecule has 0 aliphatic heterocycles. The van der Waals surface area contributed by atoms with E-state index in [4.69, 9.17) is 0 Å². The summed E-state index contributed by atoms with van der Waals surface area (Å²) in [5.41, 5.74) is 0.0764. The molecule has 3 heteroatoms. The maximum Gasteiger partial charge on any atom is 0.330 e. The Morgan fingerprint density at radius 3 is 2.57 bits per heavy atom. The van der Waals surface area contributed by atoms with Gasteiger partial charge in [0.05, 0.1) is 12.7 Å². The minimum Gasteiger partial charge on any atom is -0.466 e. The first kappa shape index (κ1) is 17.7. The van der Waals surface area contributed by atoms with Gasteiger partial charge in [0.15, 0.2) is 0 Å². The van der Waals surface area contributed by atoms with Crippen LogP contribution in [0.5, 0.6) is 0 Å². The van der Waals surface area contributed by atoms with Gasteiger partial charge in [-0.15, -0.1) is 0 Å². The third-order valence-electron chi connectivity index (χ3n) is 4.67. The number of aliphatic hydroxyl groups is 1. The number of methoxy groups -OCH3 is 1. The van der Waals surface area contributed by atoms with E-state index in [-0.39, 0.29) is 17.3 Å². The number of hydrogen-bond acceptors (Lipinski definition) is 3. The second-order valence-electron chi connectivity index (χ2n) is 6.63. The Balaban J connectivity index is 2.84. The van der Waals surface area contributed by atoms with E-state index in [1.807, 2.05) is 25.2 Å². The monoisotopic (exact) mass is 292 g/mol. The number of esters is 1. The lowest BCUT2D eigenvalue weighted by Gasteiger charge is -2.49. The zero-order valence-corrected chi connectivity index (χ0v) is 13.8. The fraction of sp³-hybridized carbons (Fsp3) is 0.611. The van der Waals surface area contributed by atoms with Crippen LogP contribution in [0.3, 0.4) is 0 Å². The van der Waals surface area contributed by atoms with Crippen LogP contribution in [0, 0.1) is 11.3 Å². The fourth-order valence-corrected chi connectivity index (χ4v) is 2.99. The second kappa shape index (κ2) is 7.08. The van der Waals surface area contributed by atoms with E-state index in [2.05, 4.69) is 25.5 Å². The molecule has 0 radical (unpaired) electrons. The molecule has 1 fully saturated rings. The summed E-state index contributed by atoms with van der Waals surface area (Å²) < 4.78 is 4.53. The molecule has 2 unspecified atom stereocenters. The van der Waals surface area contributed by atoms with E-state index in [1.54, 1.807) is 6.08 Å². The molecule has 1 N–H and O–H groups in total. The van der Waals surface area contributed by atoms with E-state index >= 15 is 0 Å². The van der Waals surface area contributed by atoms with E-state index in [9.17, 15) is 9.90 Å². The van der Waals surface area contributed by atoms with Gasteiger partial charge in [0, 0.05) is 6.08 Å². The standard InChI is InChI=1S/C18H28O3/c1-14(8-6-10-16(19)21-5)11-13-18(20)15(2)9-7-12-17(18,3)4/h6,8,10-11,13,15,20H,7,9,12H2,1-5H3/b10-6+,13-11+,14-8-. The van der Waals surface area contributed by atoms with Crippen LogP contribution in [0.25, 0.3) is 0 Å². The van der Waals surface area contributed by atoms with Gasteiger partial charge in [0.2, 0.25) is 0 Å². The molecule has 21 heavy (non-hydrogen) atoms. The first-order chi connectivity index (χ1) is 9.73. The summed E-state index contributed by atoms with van der Waals surface area (Å²) in [5.74, 6) is -0.125. The van der Waals surface area contributed by atoms with Crippen LogP contribution in [0.1, 0.15) is 47.0 Å². The highest BCUT2D eigenvalue weighted by Crippen LogP contribution is 2.47. The molecule has 0 bridgehead atoms. The molecule has 0 saturated heterocycles. The molecular weight excluding hydrogens is 264 g/mol. The Kier molecular flexibility index (Phi) is 5.97. The molecule has 0 spiro atoms. The van der Waals surface area contributed by atoms with Crippen molar-refractivity contribution in [2.45, 2.75) is 52.6 Å². The van der Waals surface area contributed by atoms with E-state index < -0.39 is 5.60 Å². The van der Waals surface area contributed by atoms with Gasteiger partial charge < -0.3 is 9.84 Å². The van der Waals surface area contributed by atoms with Gasteiger partial charge in [-0.05, 0) is 31.1 Å². The van der Waals surface area contributed by atoms with Gasteiger partial charge in [0.25, 0.3) is 0 Å². The van der Waals surface area contributed by atoms with Crippen molar-refractivity contribution in [3.63, 3.8) is 0 Å². The van der Waals surface area contributed by atoms with Crippen molar-refractivity contribution in [3.8, 4) is 0 Å². The van der Waals surface area contributed by atoms with Crippen molar-refractivity contribution in [2.24, 2.45) is 11.3 Å². The topological polar surface area (TPSA) is 46.5 Å². The molecule has 0 amide bonds. The van der Waals surface area contributed by atoms with Gasteiger partial charge in [0.1, 0.15) is 0 Å². The molecule has 3 nitrogen and oxygen atoms in total. The van der Waals surface area contributed by atoms with Gasteiger partial charge in [-0.1, -0.05) is 57.1 Å². The maximum absolute atomic E-state index is 11.1. The average Bonchev–Trinajstić information content (AvgIpc) is 2.42. The summed E-state index contributed by atoms with van der Waals surface area (Å²) in [6.45, 7) is 8.32. The Morgan fingerprint density at radius 1 is 1.33 bits per heavy atom. The molecular formula is C18H28O3. The van der Waals surface area contributed by atoms with Crippen LogP contribution < -0.4 is 0 Å². The van der Waals surface area contributed by atoms with Gasteiger partial charge in [-0.25, -0.2) is 4.79 Å². The second-order valence-corrected chi connectivity index (χ2v) is 6.63. The summed E-state index contributed by atoms with van der Waals surface area (Å²) >= 11 is 0. The van der Waals surface area contributed by atoms with Crippen molar-refractivity contribution in [2.75, 3.05) is 7.11 Å². The zero-order valence-electron chi connectivity index (χ0n) is 13.8. The molecule has 0 aromatic carbocycles. The number of ether oxygens (including phenoxy) is 1. The minimum atomic E-state index is -0.785. The molecule has 0 aromatic rings. The maximum atomic E-state index is 11.1. The van der Waals surface area contributed by atoms with Crippen molar-refractivity contribution in [3.05, 3.63) is 36.0 Å². The smallest absolute Gasteiger partial charge is 0.330 e. The van der Waals surface area contributed by atoms with Crippen LogP contribution in [0.15, 0.2) is 36.0 Å². The number of carbonyl (C=O) groups excluding carboxylic acids is 1. The first-order valence-electron chi connectivity index (χ1n) is 7.57. The lowest BCUT2D eigenvalue weighted by atomic mass is 9.60. The number of rotatable bonds is 4. The predicted octanol–water partition coefficient (Wildman–Crippen LogP) is 3.80. The van der Waals surface area contributed by atoms with Crippen molar-refractivity contribution < 1.29 is 14.6 Å². The Morgan fingerprint density at radius 2 is 2.00 bits per heavy atom. The number of carbonyl (C=O) groups is 1. The van der Waals surface area contributed by atoms with E-state index in [1.165, 1.54) is 19.6 Å². The summed E-state index contributed by atoms with van der Waals surface area (Å²) in [5, 5.41) is 11.1. The SMILES string of the molecule is COC(=O)/C=C/C=C(C)\C=C\C1(O)C(C)CCCC1(C)C. The molecule has 118 valence electrons. The van der Waals surface area contributed by atoms with Crippen LogP contribution >= 0.6 is 0 Å². The summed E-state index contributed by atoms with van der Waals surface area (Å²) in [7, 11) is 1.35. The van der Waals surface area contributed by atoms with Gasteiger partial charge >= 0.3 is 5.97 Å². The zero-order chi connectivity index (χ0) is 16.1. The Labute approximate surface area is 128 Å². The summed E-state index contributed by atoms with van der Waals surface area (Å²) in [6, 6.07) is 0. The summed E-state index contributed by atoms with van der Waals surface area (Å²) in [4.78, 5) is 11.0. The quantitative estimate of drug-likeness (QED) is 0.487. The highest BCUT2D eigenvalue weighted by atomic mass is 16.5. The third kappa shape index (κ3) is 4.31. The molecule has 2 atom stereocenters. The van der Waals surface area contributed by atoms with Crippen LogP contribution in [0.4, 0.5) is 0 Å². The van der Waals surface area contributed by atoms with Gasteiger partial charge in [-0.2, -0.15) is 0 Å². The number of allylic oxidation sites excluding steroid dienone is 4. The minimum absolute atomic E-state index is 0.122. The van der Waals surface area contributed by atoms with Crippen molar-refractivity contribution >= 4 is 5.97 Å². The molecule has 1 saturated carbocycles. The van der Waals surface area contributed by atoms with Crippen LogP contribution in [0.2, 0.25) is 0 Å². The van der Waals surface area contributed by atoms with Crippen LogP contribution in [-0.4, -0.2) is 23.8 Å². The highest BCUT2D eigenvalue weighted by molar-refractivity contribution is 5.82. The third-order valence-corrected chi connectivity index (χ3v) is 4.67. The van der Waals surface area contributed by atoms with Gasteiger partial charge in [-0.3, -0.25) is 0 Å². The van der Waals surface area contributed by atoms with E-state index in [0.29, 0.717) is 0 Å². The molecule has 1 aliphatic carbocycles. The largest absolute Gasteiger partial charge is 0.466 e. The number of hydrogen-bond donors (Lipinski definition) is 1. The lowest BCUT2D eigenvalue weighted by Crippen LogP contribution is -2.50. The molecule has 1 aliphatic rings. The molecule has 0 heterocycles. The highest BCUT2D eigenvalue weighted by Gasteiger charge is 2.47. The van der Waals surface area contributed by atoms with Crippen molar-refractivity contribution in [1.82, 2.24) is 0 Å². The van der Waals surface area contributed by atoms with E-state index in [0.717, 1.165) is 18.4 Å². The predicted molar refractivity (Wildman–Crippen MR) is 85.8 cm³/mol. The lowest BCUT2D eigenvalue weighted by molar-refractivity contribution is -0.134.